The number of hydrogen-bond acceptors (Lipinski definition) is 2. The highest BCUT2D eigenvalue weighted by molar-refractivity contribution is 6.07. The third kappa shape index (κ3) is 2.76. The summed E-state index contributed by atoms with van der Waals surface area (Å²) in [6.45, 7) is 0. The van der Waals surface area contributed by atoms with Crippen molar-refractivity contribution in [3.63, 3.8) is 0 Å². The van der Waals surface area contributed by atoms with Gasteiger partial charge in [-0.25, -0.2) is 9.37 Å². The molecule has 0 fully saturated rings. The molecule has 5 heteroatoms. The molecular formula is C20H18FN2O2+. The summed E-state index contributed by atoms with van der Waals surface area (Å²) in [5.41, 5.74) is 3.06. The highest BCUT2D eigenvalue weighted by Crippen LogP contribution is 2.42. The first kappa shape index (κ1) is 15.7. The molecule has 0 radical (unpaired) electrons. The fourth-order valence-electron chi connectivity index (χ4n) is 3.79. The molecule has 2 aromatic rings. The third-order valence-corrected chi connectivity index (χ3v) is 4.89. The van der Waals surface area contributed by atoms with E-state index in [1.165, 1.54) is 12.1 Å². The Morgan fingerprint density at radius 3 is 2.60 bits per heavy atom. The van der Waals surface area contributed by atoms with E-state index in [-0.39, 0.29) is 29.8 Å². The molecule has 1 unspecified atom stereocenters. The maximum Gasteiger partial charge on any atom is 0.232 e. The summed E-state index contributed by atoms with van der Waals surface area (Å²) in [6.07, 6.45) is 5.81. The number of allylic oxidation sites excluding steroid dienone is 2. The van der Waals surface area contributed by atoms with Crippen LogP contribution >= 0.6 is 0 Å². The monoisotopic (exact) mass is 337 g/mol. The van der Waals surface area contributed by atoms with Crippen LogP contribution in [0.15, 0.2) is 60.1 Å². The molecular weight excluding hydrogens is 319 g/mol. The first-order valence-corrected chi connectivity index (χ1v) is 8.46. The molecule has 0 spiro atoms. The van der Waals surface area contributed by atoms with Gasteiger partial charge in [-0.3, -0.25) is 14.5 Å². The van der Waals surface area contributed by atoms with Crippen LogP contribution in [-0.2, 0) is 9.59 Å². The van der Waals surface area contributed by atoms with E-state index >= 15 is 0 Å². The van der Waals surface area contributed by atoms with Gasteiger partial charge in [0.25, 0.3) is 0 Å². The first-order chi connectivity index (χ1) is 12.1. The average molecular weight is 337 g/mol. The Balaban J connectivity index is 1.85. The Morgan fingerprint density at radius 2 is 1.88 bits per heavy atom. The number of hydrogen-bond donors (Lipinski definition) is 0. The van der Waals surface area contributed by atoms with Crippen LogP contribution in [0.4, 0.5) is 10.1 Å². The number of ketones is 1. The van der Waals surface area contributed by atoms with Gasteiger partial charge in [0.15, 0.2) is 18.2 Å². The zero-order chi connectivity index (χ0) is 17.4. The summed E-state index contributed by atoms with van der Waals surface area (Å²) in [6, 6.07) is 9.67. The second kappa shape index (κ2) is 6.24. The highest BCUT2D eigenvalue weighted by atomic mass is 19.1. The molecule has 2 heterocycles. The molecule has 25 heavy (non-hydrogen) atoms. The number of carbonyl (C=O) groups excluding carboxylic acids is 2. The Bertz CT molecular complexity index is 859. The van der Waals surface area contributed by atoms with E-state index in [1.807, 2.05) is 18.3 Å². The van der Waals surface area contributed by atoms with Crippen molar-refractivity contribution in [1.82, 2.24) is 0 Å². The van der Waals surface area contributed by atoms with Gasteiger partial charge in [0, 0.05) is 47.3 Å². The Morgan fingerprint density at radius 1 is 1.08 bits per heavy atom. The number of aromatic amines is 1. The molecule has 1 aromatic heterocycles. The van der Waals surface area contributed by atoms with Gasteiger partial charge in [-0.15, -0.1) is 0 Å². The number of nitrogens with one attached hydrogen (secondary N) is 1. The van der Waals surface area contributed by atoms with Crippen molar-refractivity contribution in [3.8, 4) is 0 Å². The van der Waals surface area contributed by atoms with Crippen LogP contribution in [0.5, 0.6) is 0 Å². The molecule has 0 saturated carbocycles. The van der Waals surface area contributed by atoms with Crippen LogP contribution in [0.3, 0.4) is 0 Å². The van der Waals surface area contributed by atoms with Crippen LogP contribution in [0.2, 0.25) is 0 Å². The van der Waals surface area contributed by atoms with Crippen molar-refractivity contribution < 1.29 is 19.0 Å². The summed E-state index contributed by atoms with van der Waals surface area (Å²) in [5, 5.41) is 0. The normalized spacial score (nSPS) is 20.7. The van der Waals surface area contributed by atoms with Gasteiger partial charge in [0.05, 0.1) is 0 Å². The Labute approximate surface area is 145 Å². The minimum atomic E-state index is -0.347. The maximum absolute atomic E-state index is 13.3. The SMILES string of the molecule is O=C1CCCC2=C1C(c1ccc[nH+]c1)CC(=O)N2c1ccc(F)cc1. The topological polar surface area (TPSA) is 51.5 Å². The molecule has 1 atom stereocenters. The lowest BCUT2D eigenvalue weighted by Crippen LogP contribution is -2.40. The molecule has 4 nitrogen and oxygen atoms in total. The van der Waals surface area contributed by atoms with Gasteiger partial charge < -0.3 is 0 Å². The third-order valence-electron chi connectivity index (χ3n) is 4.89. The smallest absolute Gasteiger partial charge is 0.232 e. The number of anilines is 1. The molecule has 1 aromatic carbocycles. The largest absolute Gasteiger partial charge is 0.294 e. The average Bonchev–Trinajstić information content (AvgIpc) is 2.63. The molecule has 1 aliphatic heterocycles. The second-order valence-electron chi connectivity index (χ2n) is 6.44. The molecule has 1 N–H and O–H groups in total. The predicted molar refractivity (Wildman–Crippen MR) is 90.1 cm³/mol. The number of benzene rings is 1. The quantitative estimate of drug-likeness (QED) is 0.845. The van der Waals surface area contributed by atoms with E-state index in [0.29, 0.717) is 18.5 Å². The summed E-state index contributed by atoms with van der Waals surface area (Å²) in [7, 11) is 0. The lowest BCUT2D eigenvalue weighted by atomic mass is 9.77. The Kier molecular flexibility index (Phi) is 3.92. The van der Waals surface area contributed by atoms with Crippen LogP contribution in [-0.4, -0.2) is 11.7 Å². The van der Waals surface area contributed by atoms with Crippen molar-refractivity contribution >= 4 is 17.4 Å². The van der Waals surface area contributed by atoms with E-state index in [1.54, 1.807) is 23.2 Å². The molecule has 1 aliphatic carbocycles. The lowest BCUT2D eigenvalue weighted by molar-refractivity contribution is -0.378. The number of H-pyrrole nitrogens is 1. The maximum atomic E-state index is 13.3. The van der Waals surface area contributed by atoms with Crippen LogP contribution in [0.25, 0.3) is 0 Å². The van der Waals surface area contributed by atoms with Crippen molar-refractivity contribution in [2.24, 2.45) is 0 Å². The van der Waals surface area contributed by atoms with Crippen molar-refractivity contribution in [3.05, 3.63) is 71.4 Å². The van der Waals surface area contributed by atoms with Gasteiger partial charge in [0.1, 0.15) is 5.82 Å². The number of Topliss-reactive ketones (excluding diaryl/α,β-unsaturated/α-hetero) is 1. The number of rotatable bonds is 2. The van der Waals surface area contributed by atoms with Crippen molar-refractivity contribution in [1.29, 1.82) is 0 Å². The summed E-state index contributed by atoms with van der Waals surface area (Å²) >= 11 is 0. The standard InChI is InChI=1S/C20H17FN2O2/c21-14-6-8-15(9-7-14)23-17-4-1-5-18(24)20(17)16(11-19(23)25)13-3-2-10-22-12-13/h2-3,6-10,12,16H,1,4-5,11H2/p+1. The summed E-state index contributed by atoms with van der Waals surface area (Å²) in [5.74, 6) is -0.520. The van der Waals surface area contributed by atoms with Crippen LogP contribution in [0.1, 0.15) is 37.2 Å². The number of halogens is 1. The van der Waals surface area contributed by atoms with Gasteiger partial charge in [-0.1, -0.05) is 0 Å². The van der Waals surface area contributed by atoms with Gasteiger partial charge >= 0.3 is 0 Å². The molecule has 126 valence electrons. The second-order valence-corrected chi connectivity index (χ2v) is 6.44. The number of aromatic nitrogens is 1. The molecule has 4 rings (SSSR count). The Hall–Kier alpha value is -2.82. The van der Waals surface area contributed by atoms with E-state index in [2.05, 4.69) is 4.98 Å². The predicted octanol–water partition coefficient (Wildman–Crippen LogP) is 3.17. The molecule has 2 aliphatic rings. The first-order valence-electron chi connectivity index (χ1n) is 8.46. The van der Waals surface area contributed by atoms with Gasteiger partial charge in [-0.2, -0.15) is 0 Å². The number of pyridine rings is 1. The minimum Gasteiger partial charge on any atom is -0.294 e. The van der Waals surface area contributed by atoms with E-state index in [0.717, 1.165) is 23.3 Å². The van der Waals surface area contributed by atoms with Crippen LogP contribution in [0, 0.1) is 5.82 Å². The number of amides is 1. The van der Waals surface area contributed by atoms with Crippen molar-refractivity contribution in [2.45, 2.75) is 31.6 Å². The zero-order valence-corrected chi connectivity index (χ0v) is 13.7. The van der Waals surface area contributed by atoms with E-state index < -0.39 is 0 Å². The zero-order valence-electron chi connectivity index (χ0n) is 13.7. The van der Waals surface area contributed by atoms with Crippen LogP contribution < -0.4 is 9.88 Å². The fraction of sp³-hybridized carbons (Fsp3) is 0.250. The molecule has 0 saturated heterocycles. The van der Waals surface area contributed by atoms with Crippen molar-refractivity contribution in [2.75, 3.05) is 4.90 Å². The summed E-state index contributed by atoms with van der Waals surface area (Å²) < 4.78 is 13.3. The summed E-state index contributed by atoms with van der Waals surface area (Å²) in [4.78, 5) is 30.2. The molecule has 0 bridgehead atoms. The van der Waals surface area contributed by atoms with Gasteiger partial charge in [0.2, 0.25) is 5.91 Å². The lowest BCUT2D eigenvalue weighted by Gasteiger charge is -2.38. The minimum absolute atomic E-state index is 0.0612. The fourth-order valence-corrected chi connectivity index (χ4v) is 3.79. The van der Waals surface area contributed by atoms with E-state index in [9.17, 15) is 14.0 Å². The number of nitrogens with zero attached hydrogens (tertiary/aromatic N) is 1. The van der Waals surface area contributed by atoms with E-state index in [4.69, 9.17) is 0 Å². The van der Waals surface area contributed by atoms with Gasteiger partial charge in [-0.05, 0) is 43.2 Å². The highest BCUT2D eigenvalue weighted by Gasteiger charge is 2.40. The number of carbonyl (C=O) groups is 2. The molecule has 1 amide bonds.